The van der Waals surface area contributed by atoms with Gasteiger partial charge in [-0.25, -0.2) is 15.0 Å². The molecule has 0 fully saturated rings. The van der Waals surface area contributed by atoms with Gasteiger partial charge in [-0.2, -0.15) is 0 Å². The van der Waals surface area contributed by atoms with Crippen molar-refractivity contribution >= 4 is 39.1 Å². The van der Waals surface area contributed by atoms with Crippen LogP contribution in [0.25, 0.3) is 10.3 Å². The van der Waals surface area contributed by atoms with Crippen molar-refractivity contribution in [2.24, 2.45) is 5.73 Å². The van der Waals surface area contributed by atoms with Gasteiger partial charge >= 0.3 is 0 Å². The Morgan fingerprint density at radius 2 is 2.18 bits per heavy atom. The molecule has 0 bridgehead atoms. The third kappa shape index (κ3) is 1.86. The van der Waals surface area contributed by atoms with Crippen molar-refractivity contribution < 1.29 is 4.79 Å². The van der Waals surface area contributed by atoms with Crippen molar-refractivity contribution in [1.82, 2.24) is 15.0 Å². The van der Waals surface area contributed by atoms with E-state index in [4.69, 9.17) is 5.73 Å². The molecule has 0 saturated heterocycles. The van der Waals surface area contributed by atoms with E-state index in [9.17, 15) is 4.79 Å². The number of carbonyl (C=O) groups excluding carboxylic acids is 1. The number of hydrogen-bond acceptors (Lipinski definition) is 6. The van der Waals surface area contributed by atoms with Gasteiger partial charge in [0.2, 0.25) is 0 Å². The van der Waals surface area contributed by atoms with E-state index in [1.807, 2.05) is 12.1 Å². The highest BCUT2D eigenvalue weighted by molar-refractivity contribution is 7.19. The lowest BCUT2D eigenvalue weighted by atomic mass is 10.1. The van der Waals surface area contributed by atoms with Gasteiger partial charge in [0.05, 0.1) is 0 Å². The number of nitrogens with two attached hydrogens (primary N) is 1. The molecule has 0 aliphatic carbocycles. The van der Waals surface area contributed by atoms with Gasteiger partial charge in [0.1, 0.15) is 16.7 Å². The number of thiazole rings is 1. The van der Waals surface area contributed by atoms with Crippen LogP contribution in [0.1, 0.15) is 22.3 Å². The molecule has 22 heavy (non-hydrogen) atoms. The van der Waals surface area contributed by atoms with E-state index in [-0.39, 0.29) is 11.0 Å². The van der Waals surface area contributed by atoms with E-state index in [0.29, 0.717) is 10.3 Å². The van der Waals surface area contributed by atoms with Crippen molar-refractivity contribution in [3.05, 3.63) is 41.2 Å². The topological polar surface area (TPSA) is 85.0 Å². The van der Waals surface area contributed by atoms with Gasteiger partial charge in [-0.15, -0.1) is 0 Å². The molecular formula is C15H13N5OS. The number of fused-ring (bicyclic) bond motifs is 2. The van der Waals surface area contributed by atoms with Crippen molar-refractivity contribution in [1.29, 1.82) is 0 Å². The highest BCUT2D eigenvalue weighted by atomic mass is 32.1. The molecule has 1 unspecified atom stereocenters. The smallest absolute Gasteiger partial charge is 0.277 e. The molecule has 0 spiro atoms. The van der Waals surface area contributed by atoms with Crippen LogP contribution < -0.4 is 10.6 Å². The number of anilines is 2. The Balaban J connectivity index is 1.93. The van der Waals surface area contributed by atoms with Gasteiger partial charge in [-0.1, -0.05) is 29.5 Å². The zero-order valence-electron chi connectivity index (χ0n) is 11.9. The fourth-order valence-corrected chi connectivity index (χ4v) is 3.67. The van der Waals surface area contributed by atoms with Crippen molar-refractivity contribution in [3.8, 4) is 0 Å². The highest BCUT2D eigenvalue weighted by Gasteiger charge is 2.30. The van der Waals surface area contributed by atoms with Crippen LogP contribution in [0.5, 0.6) is 0 Å². The molecule has 0 radical (unpaired) electrons. The average molecular weight is 311 g/mol. The Hall–Kier alpha value is -2.54. The maximum Gasteiger partial charge on any atom is 0.277 e. The zero-order chi connectivity index (χ0) is 15.3. The van der Waals surface area contributed by atoms with Crippen LogP contribution in [-0.2, 0) is 6.42 Å². The number of nitrogens with zero attached hydrogens (tertiary/aromatic N) is 4. The molecule has 6 nitrogen and oxygen atoms in total. The highest BCUT2D eigenvalue weighted by Crippen LogP contribution is 2.39. The minimum absolute atomic E-state index is 0.261. The van der Waals surface area contributed by atoms with Crippen LogP contribution in [-0.4, -0.2) is 26.9 Å². The second-order valence-electron chi connectivity index (χ2n) is 5.29. The lowest BCUT2D eigenvalue weighted by molar-refractivity contribution is 0.1000. The summed E-state index contributed by atoms with van der Waals surface area (Å²) in [6.45, 7) is 2.15. The molecule has 3 heterocycles. The number of benzene rings is 1. The van der Waals surface area contributed by atoms with Crippen LogP contribution >= 0.6 is 11.3 Å². The van der Waals surface area contributed by atoms with Crippen molar-refractivity contribution in [3.63, 3.8) is 0 Å². The van der Waals surface area contributed by atoms with E-state index in [1.54, 1.807) is 0 Å². The number of primary amides is 1. The first-order valence-corrected chi connectivity index (χ1v) is 7.75. The average Bonchev–Trinajstić information content (AvgIpc) is 3.07. The standard InChI is InChI=1S/C15H13N5OS/c1-8-6-9-4-2-3-5-10(9)20(8)13-11-14(18-7-17-13)22-15(19-11)12(16)21/h2-5,7-8H,6H2,1H3,(H2,16,21). The van der Waals surface area contributed by atoms with Crippen LogP contribution in [0.3, 0.4) is 0 Å². The molecule has 2 N–H and O–H groups in total. The minimum atomic E-state index is -0.538. The van der Waals surface area contributed by atoms with E-state index >= 15 is 0 Å². The van der Waals surface area contributed by atoms with Gasteiger partial charge in [0.15, 0.2) is 10.8 Å². The second kappa shape index (κ2) is 4.74. The maximum atomic E-state index is 11.4. The number of aromatic nitrogens is 3. The van der Waals surface area contributed by atoms with Gasteiger partial charge in [0.25, 0.3) is 5.91 Å². The fourth-order valence-electron chi connectivity index (χ4n) is 2.91. The second-order valence-corrected chi connectivity index (χ2v) is 6.26. The Labute approximate surface area is 130 Å². The third-order valence-electron chi connectivity index (χ3n) is 3.82. The van der Waals surface area contributed by atoms with Gasteiger partial charge < -0.3 is 10.6 Å². The first-order valence-electron chi connectivity index (χ1n) is 6.93. The lowest BCUT2D eigenvalue weighted by Crippen LogP contribution is -2.25. The normalized spacial score (nSPS) is 17.0. The van der Waals surface area contributed by atoms with Crippen LogP contribution in [0.15, 0.2) is 30.6 Å². The summed E-state index contributed by atoms with van der Waals surface area (Å²) in [6, 6.07) is 8.53. The number of carbonyl (C=O) groups is 1. The summed E-state index contributed by atoms with van der Waals surface area (Å²) in [5.74, 6) is 0.190. The van der Waals surface area contributed by atoms with Crippen molar-refractivity contribution in [2.45, 2.75) is 19.4 Å². The minimum Gasteiger partial charge on any atom is -0.364 e. The molecule has 1 atom stereocenters. The lowest BCUT2D eigenvalue weighted by Gasteiger charge is -2.23. The monoisotopic (exact) mass is 311 g/mol. The van der Waals surface area contributed by atoms with Gasteiger partial charge in [-0.05, 0) is 25.0 Å². The SMILES string of the molecule is CC1Cc2ccccc2N1c1ncnc2sc(C(N)=O)nc12. The summed E-state index contributed by atoms with van der Waals surface area (Å²) in [6.07, 6.45) is 2.46. The first kappa shape index (κ1) is 13.1. The molecule has 1 aromatic carbocycles. The number of amides is 1. The maximum absolute atomic E-state index is 11.4. The van der Waals surface area contributed by atoms with Crippen LogP contribution in [0.2, 0.25) is 0 Å². The summed E-state index contributed by atoms with van der Waals surface area (Å²) in [5.41, 5.74) is 8.37. The molecule has 2 aromatic heterocycles. The third-order valence-corrected chi connectivity index (χ3v) is 4.80. The quantitative estimate of drug-likeness (QED) is 0.784. The Morgan fingerprint density at radius 3 is 3.00 bits per heavy atom. The summed E-state index contributed by atoms with van der Waals surface area (Å²) in [4.78, 5) is 27.2. The summed E-state index contributed by atoms with van der Waals surface area (Å²) >= 11 is 1.20. The van der Waals surface area contributed by atoms with E-state index in [0.717, 1.165) is 17.9 Å². The number of hydrogen-bond donors (Lipinski definition) is 1. The largest absolute Gasteiger partial charge is 0.364 e. The Kier molecular flexibility index (Phi) is 2.83. The first-order chi connectivity index (χ1) is 10.6. The number of rotatable bonds is 2. The van der Waals surface area contributed by atoms with Gasteiger partial charge in [0, 0.05) is 11.7 Å². The van der Waals surface area contributed by atoms with Crippen molar-refractivity contribution in [2.75, 3.05) is 4.90 Å². The summed E-state index contributed by atoms with van der Waals surface area (Å²) in [5, 5.41) is 0.261. The predicted molar refractivity (Wildman–Crippen MR) is 85.5 cm³/mol. The fraction of sp³-hybridized carbons (Fsp3) is 0.200. The predicted octanol–water partition coefficient (Wildman–Crippen LogP) is 2.27. The van der Waals surface area contributed by atoms with E-state index in [1.165, 1.54) is 23.2 Å². The molecule has 1 amide bonds. The molecule has 110 valence electrons. The van der Waals surface area contributed by atoms with Gasteiger partial charge in [-0.3, -0.25) is 4.79 Å². The Bertz CT molecular complexity index is 891. The molecule has 7 heteroatoms. The molecule has 4 rings (SSSR count). The summed E-state index contributed by atoms with van der Waals surface area (Å²) in [7, 11) is 0. The Morgan fingerprint density at radius 1 is 1.36 bits per heavy atom. The molecule has 1 aliphatic heterocycles. The molecule has 0 saturated carbocycles. The zero-order valence-corrected chi connectivity index (χ0v) is 12.7. The van der Waals surface area contributed by atoms with Crippen LogP contribution in [0.4, 0.5) is 11.5 Å². The van der Waals surface area contributed by atoms with E-state index in [2.05, 4.69) is 38.9 Å². The summed E-state index contributed by atoms with van der Waals surface area (Å²) < 4.78 is 0. The molecular weight excluding hydrogens is 298 g/mol. The molecule has 1 aliphatic rings. The van der Waals surface area contributed by atoms with E-state index < -0.39 is 5.91 Å². The molecule has 3 aromatic rings. The van der Waals surface area contributed by atoms with Crippen LogP contribution in [0, 0.1) is 0 Å². The number of para-hydroxylation sites is 1.